The number of rotatable bonds is 1. The quantitative estimate of drug-likeness (QED) is 0.559. The van der Waals surface area contributed by atoms with Crippen LogP contribution in [0, 0.1) is 0 Å². The number of amides is 1. The van der Waals surface area contributed by atoms with Gasteiger partial charge in [-0.1, -0.05) is 0 Å². The largest absolute Gasteiger partial charge is 0.431 e. The van der Waals surface area contributed by atoms with E-state index in [0.717, 1.165) is 0 Å². The van der Waals surface area contributed by atoms with Gasteiger partial charge in [0.2, 0.25) is 5.91 Å². The molecule has 11 heavy (non-hydrogen) atoms. The van der Waals surface area contributed by atoms with Crippen molar-refractivity contribution in [1.82, 2.24) is 9.99 Å². The molecule has 5 nitrogen and oxygen atoms in total. The van der Waals surface area contributed by atoms with Crippen LogP contribution in [-0.2, 0) is 11.8 Å². The third kappa shape index (κ3) is 1.96. The first-order valence-corrected chi connectivity index (χ1v) is 3.10. The lowest BCUT2D eigenvalue weighted by Gasteiger charge is -1.89. The van der Waals surface area contributed by atoms with E-state index in [-0.39, 0.29) is 5.91 Å². The van der Waals surface area contributed by atoms with E-state index in [1.165, 1.54) is 13.2 Å². The van der Waals surface area contributed by atoms with Gasteiger partial charge in [-0.05, 0) is 0 Å². The van der Waals surface area contributed by atoms with E-state index in [2.05, 4.69) is 10.5 Å². The zero-order chi connectivity index (χ0) is 8.27. The van der Waals surface area contributed by atoms with Crippen molar-refractivity contribution < 1.29 is 9.21 Å². The molecule has 1 aromatic heterocycles. The molecule has 0 bridgehead atoms. The highest BCUT2D eigenvalue weighted by Crippen LogP contribution is 1.74. The lowest BCUT2D eigenvalue weighted by molar-refractivity contribution is -0.119. The van der Waals surface area contributed by atoms with Crippen LogP contribution in [0.3, 0.4) is 0 Å². The summed E-state index contributed by atoms with van der Waals surface area (Å²) >= 11 is 0. The molecule has 1 rings (SSSR count). The van der Waals surface area contributed by atoms with Crippen LogP contribution in [0.5, 0.6) is 0 Å². The topological polar surface area (TPSA) is 59.5 Å². The Bertz CT molecular complexity index is 310. The lowest BCUT2D eigenvalue weighted by Crippen LogP contribution is -2.21. The highest BCUT2D eigenvalue weighted by molar-refractivity contribution is 5.72. The number of oxazole rings is 1. The molecular weight excluding hydrogens is 146 g/mol. The Hall–Kier alpha value is -1.52. The minimum Gasteiger partial charge on any atom is -0.431 e. The normalized spacial score (nSPS) is 11.6. The van der Waals surface area contributed by atoms with Gasteiger partial charge in [0.05, 0.1) is 0 Å². The van der Waals surface area contributed by atoms with E-state index in [9.17, 15) is 4.79 Å². The predicted molar refractivity (Wildman–Crippen MR) is 37.1 cm³/mol. The number of aromatic nitrogens is 1. The number of hydrogen-bond acceptors (Lipinski definition) is 3. The fourth-order valence-corrected chi connectivity index (χ4v) is 0.561. The summed E-state index contributed by atoms with van der Waals surface area (Å²) in [7, 11) is 1.77. The van der Waals surface area contributed by atoms with Crippen LogP contribution in [0.4, 0.5) is 0 Å². The Labute approximate surface area is 63.3 Å². The molecule has 1 heterocycles. The Morgan fingerprint density at radius 2 is 2.55 bits per heavy atom. The van der Waals surface area contributed by atoms with Crippen LogP contribution < -0.4 is 11.1 Å². The van der Waals surface area contributed by atoms with Crippen molar-refractivity contribution in [2.45, 2.75) is 6.92 Å². The molecule has 0 aromatic carbocycles. The van der Waals surface area contributed by atoms with E-state index in [4.69, 9.17) is 4.42 Å². The molecule has 1 amide bonds. The first kappa shape index (κ1) is 7.59. The minimum absolute atomic E-state index is 0.221. The average Bonchev–Trinajstić information content (AvgIpc) is 2.31. The highest BCUT2D eigenvalue weighted by Gasteiger charge is 1.89. The molecule has 0 atom stereocenters. The molecule has 0 spiro atoms. The van der Waals surface area contributed by atoms with Gasteiger partial charge in [0.1, 0.15) is 6.26 Å². The monoisotopic (exact) mass is 155 g/mol. The van der Waals surface area contributed by atoms with Gasteiger partial charge in [0, 0.05) is 20.2 Å². The number of carbonyl (C=O) groups excluding carboxylic acids is 1. The van der Waals surface area contributed by atoms with Gasteiger partial charge in [0.15, 0.2) is 0 Å². The molecule has 0 unspecified atom stereocenters. The number of nitrogens with zero attached hydrogens (tertiary/aromatic N) is 2. The van der Waals surface area contributed by atoms with Crippen LogP contribution in [0.25, 0.3) is 0 Å². The maximum atomic E-state index is 10.4. The Morgan fingerprint density at radius 1 is 1.82 bits per heavy atom. The predicted octanol–water partition coefficient (Wildman–Crippen LogP) is -0.430. The second-order valence-corrected chi connectivity index (χ2v) is 2.08. The third-order valence-electron chi connectivity index (χ3n) is 1.07. The summed E-state index contributed by atoms with van der Waals surface area (Å²) in [6.45, 7) is 1.38. The Kier molecular flexibility index (Phi) is 2.10. The van der Waals surface area contributed by atoms with E-state index in [1.54, 1.807) is 17.8 Å². The first-order chi connectivity index (χ1) is 5.20. The summed E-state index contributed by atoms with van der Waals surface area (Å²) in [4.78, 5) is 10.4. The van der Waals surface area contributed by atoms with Gasteiger partial charge in [-0.25, -0.2) is 5.43 Å². The fourth-order valence-electron chi connectivity index (χ4n) is 0.561. The smallest absolute Gasteiger partial charge is 0.318 e. The number of hydrogen-bond donors (Lipinski definition) is 1. The zero-order valence-corrected chi connectivity index (χ0v) is 6.37. The van der Waals surface area contributed by atoms with Crippen molar-refractivity contribution in [3.63, 3.8) is 0 Å². The van der Waals surface area contributed by atoms with Crippen molar-refractivity contribution in [3.8, 4) is 0 Å². The number of carbonyl (C=O) groups is 1. The average molecular weight is 155 g/mol. The van der Waals surface area contributed by atoms with Crippen molar-refractivity contribution in [3.05, 3.63) is 18.1 Å². The molecule has 60 valence electrons. The standard InChI is InChI=1S/C6H9N3O2/c1-5(10)7-8-6-9(2)3-4-11-6/h3-4H,1-2H3,(H,7,10)/b8-6-. The highest BCUT2D eigenvalue weighted by atomic mass is 16.3. The molecule has 0 saturated heterocycles. The second kappa shape index (κ2) is 3.05. The Balaban J connectivity index is 2.83. The minimum atomic E-state index is -0.221. The van der Waals surface area contributed by atoms with Crippen LogP contribution in [0.15, 0.2) is 22.0 Å². The molecule has 0 radical (unpaired) electrons. The van der Waals surface area contributed by atoms with Crippen LogP contribution in [-0.4, -0.2) is 10.5 Å². The maximum absolute atomic E-state index is 10.4. The lowest BCUT2D eigenvalue weighted by atomic mass is 10.8. The summed E-state index contributed by atoms with van der Waals surface area (Å²) < 4.78 is 6.54. The summed E-state index contributed by atoms with van der Waals surface area (Å²) in [6, 6.07) is 0. The zero-order valence-electron chi connectivity index (χ0n) is 6.37. The number of aryl methyl sites for hydroxylation is 1. The SMILES string of the molecule is CC(=O)N/N=c1\occn1C. The summed E-state index contributed by atoms with van der Waals surface area (Å²) in [5.74, 6) is -0.221. The van der Waals surface area contributed by atoms with E-state index in [1.807, 2.05) is 0 Å². The van der Waals surface area contributed by atoms with Gasteiger partial charge >= 0.3 is 5.68 Å². The van der Waals surface area contributed by atoms with E-state index >= 15 is 0 Å². The number of nitrogens with one attached hydrogen (secondary N) is 1. The van der Waals surface area contributed by atoms with Gasteiger partial charge in [-0.3, -0.25) is 4.79 Å². The van der Waals surface area contributed by atoms with Gasteiger partial charge in [-0.15, -0.1) is 5.10 Å². The molecule has 1 aromatic rings. The molecule has 0 saturated carbocycles. The van der Waals surface area contributed by atoms with E-state index < -0.39 is 0 Å². The van der Waals surface area contributed by atoms with Gasteiger partial charge in [-0.2, -0.15) is 0 Å². The van der Waals surface area contributed by atoms with Gasteiger partial charge < -0.3 is 8.98 Å². The van der Waals surface area contributed by atoms with Crippen molar-refractivity contribution in [2.75, 3.05) is 0 Å². The van der Waals surface area contributed by atoms with Crippen molar-refractivity contribution in [2.24, 2.45) is 12.1 Å². The van der Waals surface area contributed by atoms with Crippen molar-refractivity contribution >= 4 is 5.91 Å². The third-order valence-corrected chi connectivity index (χ3v) is 1.07. The maximum Gasteiger partial charge on any atom is 0.318 e. The van der Waals surface area contributed by atoms with Crippen molar-refractivity contribution in [1.29, 1.82) is 0 Å². The summed E-state index contributed by atoms with van der Waals surface area (Å²) in [5.41, 5.74) is 2.62. The second-order valence-electron chi connectivity index (χ2n) is 2.08. The van der Waals surface area contributed by atoms with Crippen LogP contribution in [0.1, 0.15) is 6.92 Å². The Morgan fingerprint density at radius 3 is 3.00 bits per heavy atom. The van der Waals surface area contributed by atoms with Gasteiger partial charge in [0.25, 0.3) is 0 Å². The molecule has 5 heteroatoms. The van der Waals surface area contributed by atoms with Crippen LogP contribution >= 0.6 is 0 Å². The molecule has 0 aliphatic carbocycles. The molecule has 1 N–H and O–H groups in total. The fraction of sp³-hybridized carbons (Fsp3) is 0.333. The van der Waals surface area contributed by atoms with Crippen LogP contribution in [0.2, 0.25) is 0 Å². The molecular formula is C6H9N3O2. The summed E-state index contributed by atoms with van der Waals surface area (Å²) in [5, 5.41) is 3.66. The molecule has 0 aliphatic rings. The van der Waals surface area contributed by atoms with E-state index in [0.29, 0.717) is 5.68 Å². The summed E-state index contributed by atoms with van der Waals surface area (Å²) in [6.07, 6.45) is 3.18. The molecule has 0 aliphatic heterocycles. The first-order valence-electron chi connectivity index (χ1n) is 3.10. The molecule has 0 fully saturated rings.